The van der Waals surface area contributed by atoms with Crippen molar-refractivity contribution in [3.05, 3.63) is 24.3 Å². The van der Waals surface area contributed by atoms with Crippen molar-refractivity contribution in [2.75, 3.05) is 12.9 Å². The van der Waals surface area contributed by atoms with Crippen molar-refractivity contribution in [1.82, 2.24) is 20.2 Å². The maximum atomic E-state index is 12.0. The van der Waals surface area contributed by atoms with E-state index >= 15 is 0 Å². The molecule has 2 fully saturated rings. The summed E-state index contributed by atoms with van der Waals surface area (Å²) in [5, 5.41) is 12.0. The van der Waals surface area contributed by atoms with Crippen molar-refractivity contribution >= 4 is 17.5 Å². The third kappa shape index (κ3) is 2.23. The first-order chi connectivity index (χ1) is 10.8. The van der Waals surface area contributed by atoms with Crippen LogP contribution in [0.25, 0.3) is 11.4 Å². The molecule has 2 bridgehead atoms. The topological polar surface area (TPSA) is 79.1 Å². The number of hydrogen-bond acceptors (Lipinski definition) is 7. The summed E-state index contributed by atoms with van der Waals surface area (Å²) >= 11 is 1.68. The number of nitrogens with zero attached hydrogens (tertiary/aromatic N) is 4. The zero-order valence-corrected chi connectivity index (χ0v) is 12.7. The molecule has 1 aromatic heterocycles. The molecule has 114 valence electrons. The lowest BCUT2D eigenvalue weighted by Crippen LogP contribution is -2.37. The van der Waals surface area contributed by atoms with E-state index in [-0.39, 0.29) is 17.9 Å². The average Bonchev–Trinajstić information content (AvgIpc) is 3.20. The van der Waals surface area contributed by atoms with E-state index in [1.165, 1.54) is 4.90 Å². The van der Waals surface area contributed by atoms with E-state index in [4.69, 9.17) is 9.47 Å². The van der Waals surface area contributed by atoms with Crippen LogP contribution in [0.15, 0.2) is 29.2 Å². The van der Waals surface area contributed by atoms with Gasteiger partial charge in [-0.2, -0.15) is 0 Å². The molecule has 2 aromatic rings. The SMILES string of the molecule is CSc1ccc(-c2nnnn2[C@H]2CC(=O)[C@@H]3OC[C@H]2O3)cc1. The highest BCUT2D eigenvalue weighted by Gasteiger charge is 2.45. The average molecular weight is 318 g/mol. The second-order valence-electron chi connectivity index (χ2n) is 5.25. The molecule has 4 rings (SSSR count). The van der Waals surface area contributed by atoms with Crippen LogP contribution in [0.3, 0.4) is 0 Å². The van der Waals surface area contributed by atoms with Gasteiger partial charge in [0.1, 0.15) is 6.10 Å². The van der Waals surface area contributed by atoms with E-state index < -0.39 is 6.29 Å². The first-order valence-corrected chi connectivity index (χ1v) is 8.21. The monoisotopic (exact) mass is 318 g/mol. The number of Topliss-reactive ketones (excluding diaryl/α,β-unsaturated/α-hetero) is 1. The molecule has 0 radical (unpaired) electrons. The van der Waals surface area contributed by atoms with Gasteiger partial charge in [0.15, 0.2) is 11.6 Å². The van der Waals surface area contributed by atoms with Crippen LogP contribution in [-0.2, 0) is 14.3 Å². The summed E-state index contributed by atoms with van der Waals surface area (Å²) in [4.78, 5) is 13.1. The second kappa shape index (κ2) is 5.45. The molecule has 3 heterocycles. The maximum absolute atomic E-state index is 12.0. The number of ether oxygens (including phenoxy) is 2. The minimum absolute atomic E-state index is 0.0575. The molecule has 0 aliphatic carbocycles. The van der Waals surface area contributed by atoms with Crippen LogP contribution in [0.2, 0.25) is 0 Å². The van der Waals surface area contributed by atoms with Crippen LogP contribution in [0.4, 0.5) is 0 Å². The summed E-state index contributed by atoms with van der Waals surface area (Å²) < 4.78 is 12.6. The summed E-state index contributed by atoms with van der Waals surface area (Å²) in [6.45, 7) is 0.395. The molecule has 0 saturated carbocycles. The number of hydrogen-bond donors (Lipinski definition) is 0. The third-order valence-electron chi connectivity index (χ3n) is 3.97. The summed E-state index contributed by atoms with van der Waals surface area (Å²) in [6.07, 6.45) is 1.47. The van der Waals surface area contributed by atoms with Gasteiger partial charge in [0.05, 0.1) is 12.6 Å². The number of carbonyl (C=O) groups is 1. The maximum Gasteiger partial charge on any atom is 0.218 e. The highest BCUT2D eigenvalue weighted by Crippen LogP contribution is 2.34. The lowest BCUT2D eigenvalue weighted by atomic mass is 10.0. The van der Waals surface area contributed by atoms with E-state index in [9.17, 15) is 4.79 Å². The summed E-state index contributed by atoms with van der Waals surface area (Å²) in [7, 11) is 0. The first kappa shape index (κ1) is 13.9. The standard InChI is InChI=1S/C14H14N4O3S/c1-22-9-4-2-8(3-5-9)13-15-16-17-18(13)10-6-11(19)14-20-7-12(10)21-14/h2-5,10,12,14H,6-7H2,1H3/t10-,12+,14+/m0/s1. The molecule has 0 amide bonds. The molecule has 8 heteroatoms. The van der Waals surface area contributed by atoms with E-state index in [0.29, 0.717) is 18.9 Å². The molecule has 7 nitrogen and oxygen atoms in total. The summed E-state index contributed by atoms with van der Waals surface area (Å²) in [6, 6.07) is 7.78. The lowest BCUT2D eigenvalue weighted by Gasteiger charge is -2.26. The molecule has 2 aliphatic rings. The minimum Gasteiger partial charge on any atom is -0.343 e. The number of thioether (sulfide) groups is 1. The smallest absolute Gasteiger partial charge is 0.218 e. The summed E-state index contributed by atoms with van der Waals surface area (Å²) in [5.74, 6) is 0.581. The van der Waals surface area contributed by atoms with Gasteiger partial charge in [0.2, 0.25) is 6.29 Å². The number of fused-ring (bicyclic) bond motifs is 2. The lowest BCUT2D eigenvalue weighted by molar-refractivity contribution is -0.156. The Morgan fingerprint density at radius 1 is 1.32 bits per heavy atom. The van der Waals surface area contributed by atoms with Gasteiger partial charge in [-0.25, -0.2) is 4.68 Å². The van der Waals surface area contributed by atoms with Crippen LogP contribution < -0.4 is 0 Å². The normalized spacial score (nSPS) is 27.3. The number of tetrazole rings is 1. The largest absolute Gasteiger partial charge is 0.343 e. The second-order valence-corrected chi connectivity index (χ2v) is 6.13. The van der Waals surface area contributed by atoms with Gasteiger partial charge in [-0.3, -0.25) is 4.79 Å². The van der Waals surface area contributed by atoms with Gasteiger partial charge in [-0.1, -0.05) is 12.1 Å². The van der Waals surface area contributed by atoms with Crippen molar-refractivity contribution in [3.63, 3.8) is 0 Å². The van der Waals surface area contributed by atoms with Crippen LogP contribution in [0.5, 0.6) is 0 Å². The van der Waals surface area contributed by atoms with Crippen molar-refractivity contribution in [3.8, 4) is 11.4 Å². The Kier molecular flexibility index (Phi) is 3.44. The van der Waals surface area contributed by atoms with E-state index in [1.54, 1.807) is 16.4 Å². The molecule has 2 saturated heterocycles. The molecule has 0 unspecified atom stereocenters. The number of aromatic nitrogens is 4. The van der Waals surface area contributed by atoms with Gasteiger partial charge in [-0.15, -0.1) is 16.9 Å². The van der Waals surface area contributed by atoms with Crippen LogP contribution >= 0.6 is 11.8 Å². The fourth-order valence-corrected chi connectivity index (χ4v) is 3.22. The zero-order valence-electron chi connectivity index (χ0n) is 11.9. The molecule has 0 N–H and O–H groups in total. The Morgan fingerprint density at radius 2 is 2.14 bits per heavy atom. The number of rotatable bonds is 3. The van der Waals surface area contributed by atoms with Gasteiger partial charge in [0, 0.05) is 16.9 Å². The van der Waals surface area contributed by atoms with Crippen molar-refractivity contribution in [1.29, 1.82) is 0 Å². The van der Waals surface area contributed by atoms with Gasteiger partial charge >= 0.3 is 0 Å². The Morgan fingerprint density at radius 3 is 2.91 bits per heavy atom. The molecular weight excluding hydrogens is 304 g/mol. The van der Waals surface area contributed by atoms with Gasteiger partial charge < -0.3 is 9.47 Å². The number of ketones is 1. The fourth-order valence-electron chi connectivity index (χ4n) is 2.82. The Hall–Kier alpha value is -1.77. The predicted molar refractivity (Wildman–Crippen MR) is 78.3 cm³/mol. The first-order valence-electron chi connectivity index (χ1n) is 6.98. The van der Waals surface area contributed by atoms with E-state index in [2.05, 4.69) is 15.5 Å². The fraction of sp³-hybridized carbons (Fsp3) is 0.429. The van der Waals surface area contributed by atoms with Crippen LogP contribution in [0.1, 0.15) is 12.5 Å². The molecule has 1 aromatic carbocycles. The molecule has 0 spiro atoms. The van der Waals surface area contributed by atoms with Gasteiger partial charge in [0.25, 0.3) is 0 Å². The zero-order chi connectivity index (χ0) is 15.1. The van der Waals surface area contributed by atoms with Crippen molar-refractivity contribution in [2.45, 2.75) is 29.8 Å². The Balaban J connectivity index is 1.68. The highest BCUT2D eigenvalue weighted by atomic mass is 32.2. The van der Waals surface area contributed by atoms with E-state index in [1.807, 2.05) is 30.5 Å². The minimum atomic E-state index is -0.706. The van der Waals surface area contributed by atoms with Crippen molar-refractivity contribution < 1.29 is 14.3 Å². The summed E-state index contributed by atoms with van der Waals surface area (Å²) in [5.41, 5.74) is 0.913. The highest BCUT2D eigenvalue weighted by molar-refractivity contribution is 7.98. The quantitative estimate of drug-likeness (QED) is 0.790. The molecule has 2 aliphatic heterocycles. The Bertz CT molecular complexity index is 702. The number of benzene rings is 1. The van der Waals surface area contributed by atoms with Crippen LogP contribution in [-0.4, -0.2) is 51.2 Å². The van der Waals surface area contributed by atoms with Crippen LogP contribution in [0, 0.1) is 0 Å². The van der Waals surface area contributed by atoms with E-state index in [0.717, 1.165) is 5.56 Å². The Labute approximate surface area is 131 Å². The molecule has 3 atom stereocenters. The third-order valence-corrected chi connectivity index (χ3v) is 4.71. The number of carbonyl (C=O) groups excluding carboxylic acids is 1. The molecule has 22 heavy (non-hydrogen) atoms. The van der Waals surface area contributed by atoms with Crippen molar-refractivity contribution in [2.24, 2.45) is 0 Å². The van der Waals surface area contributed by atoms with Gasteiger partial charge in [-0.05, 0) is 28.8 Å². The molecular formula is C14H14N4O3S. The predicted octanol–water partition coefficient (Wildman–Crippen LogP) is 1.32.